The summed E-state index contributed by atoms with van der Waals surface area (Å²) >= 11 is 0. The number of carbonyl (C=O) groups excluding carboxylic acids is 1. The van der Waals surface area contributed by atoms with Gasteiger partial charge in [0.25, 0.3) is 5.91 Å². The normalized spacial score (nSPS) is 13.2. The Balaban J connectivity index is 2.05. The average Bonchev–Trinajstić information content (AvgIpc) is 2.54. The van der Waals surface area contributed by atoms with E-state index in [1.807, 2.05) is 32.0 Å². The van der Waals surface area contributed by atoms with E-state index in [0.717, 1.165) is 16.9 Å². The highest BCUT2D eigenvalue weighted by Crippen LogP contribution is 2.22. The fourth-order valence-electron chi connectivity index (χ4n) is 2.90. The van der Waals surface area contributed by atoms with Crippen LogP contribution in [0, 0.1) is 34.6 Å². The molecule has 2 rings (SSSR count). The minimum Gasteiger partial charge on any atom is -0.481 e. The second-order valence-electron chi connectivity index (χ2n) is 7.03. The maximum atomic E-state index is 12.5. The van der Waals surface area contributed by atoms with Crippen molar-refractivity contribution in [3.63, 3.8) is 0 Å². The van der Waals surface area contributed by atoms with Crippen LogP contribution in [0.1, 0.15) is 53.3 Å². The van der Waals surface area contributed by atoms with Gasteiger partial charge in [0.15, 0.2) is 6.10 Å². The molecule has 3 nitrogen and oxygen atoms in total. The number of benzene rings is 2. The quantitative estimate of drug-likeness (QED) is 0.843. The second-order valence-corrected chi connectivity index (χ2v) is 7.03. The van der Waals surface area contributed by atoms with Gasteiger partial charge in [-0.2, -0.15) is 0 Å². The van der Waals surface area contributed by atoms with E-state index in [9.17, 15) is 4.79 Å². The van der Waals surface area contributed by atoms with Crippen LogP contribution in [0.4, 0.5) is 0 Å². The second kappa shape index (κ2) is 7.73. The number of amides is 1. The first-order chi connectivity index (χ1) is 11.7. The Bertz CT molecular complexity index is 780. The van der Waals surface area contributed by atoms with E-state index in [-0.39, 0.29) is 11.9 Å². The minimum atomic E-state index is -0.545. The number of ether oxygens (including phenoxy) is 1. The van der Waals surface area contributed by atoms with E-state index >= 15 is 0 Å². The van der Waals surface area contributed by atoms with Crippen LogP contribution in [-0.4, -0.2) is 12.0 Å². The van der Waals surface area contributed by atoms with Crippen LogP contribution in [0.2, 0.25) is 0 Å². The van der Waals surface area contributed by atoms with Crippen LogP contribution in [-0.2, 0) is 4.79 Å². The zero-order chi connectivity index (χ0) is 18.7. The van der Waals surface area contributed by atoms with Gasteiger partial charge in [0.1, 0.15) is 5.75 Å². The Morgan fingerprint density at radius 1 is 0.840 bits per heavy atom. The summed E-state index contributed by atoms with van der Waals surface area (Å²) in [5.41, 5.74) is 7.22. The van der Waals surface area contributed by atoms with E-state index < -0.39 is 6.10 Å². The third-order valence-electron chi connectivity index (χ3n) is 4.87. The van der Waals surface area contributed by atoms with E-state index in [0.29, 0.717) is 0 Å². The molecule has 0 saturated heterocycles. The molecule has 1 N–H and O–H groups in total. The number of hydrogen-bond acceptors (Lipinski definition) is 2. The molecule has 25 heavy (non-hydrogen) atoms. The molecule has 3 heteroatoms. The Labute approximate surface area is 151 Å². The lowest BCUT2D eigenvalue weighted by molar-refractivity contribution is -0.127. The third-order valence-corrected chi connectivity index (χ3v) is 4.87. The fourth-order valence-corrected chi connectivity index (χ4v) is 2.90. The van der Waals surface area contributed by atoms with E-state index in [4.69, 9.17) is 4.74 Å². The van der Waals surface area contributed by atoms with E-state index in [1.165, 1.54) is 22.3 Å². The van der Waals surface area contributed by atoms with Crippen molar-refractivity contribution in [2.45, 2.75) is 60.6 Å². The summed E-state index contributed by atoms with van der Waals surface area (Å²) in [5, 5.41) is 3.07. The molecule has 0 spiro atoms. The van der Waals surface area contributed by atoms with E-state index in [1.54, 1.807) is 6.92 Å². The van der Waals surface area contributed by atoms with Gasteiger partial charge in [-0.25, -0.2) is 0 Å². The Kier molecular flexibility index (Phi) is 5.89. The highest BCUT2D eigenvalue weighted by atomic mass is 16.5. The lowest BCUT2D eigenvalue weighted by atomic mass is 9.96. The summed E-state index contributed by atoms with van der Waals surface area (Å²) in [5.74, 6) is 0.615. The molecule has 0 heterocycles. The van der Waals surface area contributed by atoms with Gasteiger partial charge >= 0.3 is 0 Å². The summed E-state index contributed by atoms with van der Waals surface area (Å²) in [7, 11) is 0. The van der Waals surface area contributed by atoms with Gasteiger partial charge in [-0.05, 0) is 94.0 Å². The number of aryl methyl sites for hydroxylation is 5. The van der Waals surface area contributed by atoms with E-state index in [2.05, 4.69) is 45.1 Å². The maximum absolute atomic E-state index is 12.5. The molecular weight excluding hydrogens is 310 g/mol. The molecule has 0 aliphatic heterocycles. The molecule has 2 atom stereocenters. The molecule has 0 radical (unpaired) electrons. The smallest absolute Gasteiger partial charge is 0.261 e. The summed E-state index contributed by atoms with van der Waals surface area (Å²) in [4.78, 5) is 12.5. The molecule has 0 aliphatic carbocycles. The number of nitrogens with one attached hydrogen (secondary N) is 1. The molecule has 0 saturated carbocycles. The predicted octanol–water partition coefficient (Wildman–Crippen LogP) is 4.87. The molecule has 0 aromatic heterocycles. The van der Waals surface area contributed by atoms with Crippen molar-refractivity contribution in [2.24, 2.45) is 0 Å². The summed E-state index contributed by atoms with van der Waals surface area (Å²) in [6, 6.07) is 10.2. The number of rotatable bonds is 5. The first-order valence-corrected chi connectivity index (χ1v) is 8.81. The van der Waals surface area contributed by atoms with Crippen molar-refractivity contribution in [1.82, 2.24) is 5.32 Å². The largest absolute Gasteiger partial charge is 0.481 e. The Morgan fingerprint density at radius 3 is 2.08 bits per heavy atom. The summed E-state index contributed by atoms with van der Waals surface area (Å²) in [6.45, 7) is 14.2. The summed E-state index contributed by atoms with van der Waals surface area (Å²) < 4.78 is 5.81. The molecule has 0 bridgehead atoms. The Morgan fingerprint density at radius 2 is 1.44 bits per heavy atom. The summed E-state index contributed by atoms with van der Waals surface area (Å²) in [6.07, 6.45) is -0.545. The molecule has 0 aliphatic rings. The Hall–Kier alpha value is -2.29. The first kappa shape index (κ1) is 19.0. The molecule has 134 valence electrons. The molecule has 1 amide bonds. The van der Waals surface area contributed by atoms with Crippen molar-refractivity contribution in [3.05, 3.63) is 63.7 Å². The van der Waals surface area contributed by atoms with Crippen molar-refractivity contribution in [3.8, 4) is 5.75 Å². The van der Waals surface area contributed by atoms with Crippen LogP contribution in [0.5, 0.6) is 5.75 Å². The van der Waals surface area contributed by atoms with Gasteiger partial charge in [0.2, 0.25) is 0 Å². The van der Waals surface area contributed by atoms with Gasteiger partial charge < -0.3 is 10.1 Å². The van der Waals surface area contributed by atoms with Crippen molar-refractivity contribution in [2.75, 3.05) is 0 Å². The van der Waals surface area contributed by atoms with Gasteiger partial charge in [-0.1, -0.05) is 18.2 Å². The highest BCUT2D eigenvalue weighted by Gasteiger charge is 2.19. The van der Waals surface area contributed by atoms with Crippen LogP contribution < -0.4 is 10.1 Å². The monoisotopic (exact) mass is 339 g/mol. The van der Waals surface area contributed by atoms with Gasteiger partial charge in [0, 0.05) is 0 Å². The molecule has 2 aromatic carbocycles. The predicted molar refractivity (Wildman–Crippen MR) is 103 cm³/mol. The fraction of sp³-hybridized carbons (Fsp3) is 0.409. The van der Waals surface area contributed by atoms with Crippen LogP contribution >= 0.6 is 0 Å². The average molecular weight is 339 g/mol. The minimum absolute atomic E-state index is 0.0578. The molecule has 0 unspecified atom stereocenters. The molecule has 2 aromatic rings. The molecule has 0 fully saturated rings. The lowest BCUT2D eigenvalue weighted by Gasteiger charge is -2.21. The SMILES string of the molecule is Cc1ccc(O[C@@H](C)C(=O)N[C@H](C)c2cc(C)c(C)cc2C)cc1C. The molecular formula is C22H29NO2. The van der Waals surface area contributed by atoms with Crippen LogP contribution in [0.3, 0.4) is 0 Å². The van der Waals surface area contributed by atoms with Gasteiger partial charge in [0.05, 0.1) is 6.04 Å². The number of carbonyl (C=O) groups is 1. The van der Waals surface area contributed by atoms with Gasteiger partial charge in [-0.3, -0.25) is 4.79 Å². The van der Waals surface area contributed by atoms with Crippen molar-refractivity contribution < 1.29 is 9.53 Å². The van der Waals surface area contributed by atoms with Crippen LogP contribution in [0.15, 0.2) is 30.3 Å². The van der Waals surface area contributed by atoms with Crippen molar-refractivity contribution in [1.29, 1.82) is 0 Å². The number of hydrogen-bond donors (Lipinski definition) is 1. The van der Waals surface area contributed by atoms with Crippen LogP contribution in [0.25, 0.3) is 0 Å². The maximum Gasteiger partial charge on any atom is 0.261 e. The zero-order valence-electron chi connectivity index (χ0n) is 16.4. The standard InChI is InChI=1S/C22H29NO2/c1-13-8-9-20(11-15(13)3)25-19(7)22(24)23-18(6)21-12-16(4)14(2)10-17(21)5/h8-12,18-19H,1-7H3,(H,23,24)/t18-,19+/m1/s1. The topological polar surface area (TPSA) is 38.3 Å². The lowest BCUT2D eigenvalue weighted by Crippen LogP contribution is -2.38. The zero-order valence-corrected chi connectivity index (χ0v) is 16.4. The van der Waals surface area contributed by atoms with Crippen molar-refractivity contribution >= 4 is 5.91 Å². The van der Waals surface area contributed by atoms with Gasteiger partial charge in [-0.15, -0.1) is 0 Å². The third kappa shape index (κ3) is 4.62. The first-order valence-electron chi connectivity index (χ1n) is 8.81. The highest BCUT2D eigenvalue weighted by molar-refractivity contribution is 5.81.